The Hall–Kier alpha value is -3.42. The predicted octanol–water partition coefficient (Wildman–Crippen LogP) is 4.71. The van der Waals surface area contributed by atoms with Gasteiger partial charge in [-0.1, -0.05) is 91.0 Å². The van der Waals surface area contributed by atoms with Crippen molar-refractivity contribution in [1.82, 2.24) is 5.06 Å². The van der Waals surface area contributed by atoms with E-state index in [9.17, 15) is 14.4 Å². The summed E-state index contributed by atoms with van der Waals surface area (Å²) in [5, 5.41) is 17.7. The van der Waals surface area contributed by atoms with E-state index in [1.807, 2.05) is 54.6 Å². The van der Waals surface area contributed by atoms with Gasteiger partial charge in [-0.15, -0.1) is 11.8 Å². The van der Waals surface area contributed by atoms with Crippen LogP contribution in [-0.4, -0.2) is 38.9 Å². The van der Waals surface area contributed by atoms with Crippen molar-refractivity contribution in [2.24, 2.45) is 0 Å². The lowest BCUT2D eigenvalue weighted by atomic mass is 9.84. The first-order chi connectivity index (χ1) is 15.9. The van der Waals surface area contributed by atoms with Crippen molar-refractivity contribution < 1.29 is 24.7 Å². The van der Waals surface area contributed by atoms with Gasteiger partial charge in [0.2, 0.25) is 0 Å². The molecule has 170 valence electrons. The zero-order valence-electron chi connectivity index (χ0n) is 18.0. The van der Waals surface area contributed by atoms with E-state index in [2.05, 4.69) is 36.4 Å². The second-order valence-corrected chi connectivity index (χ2v) is 8.68. The van der Waals surface area contributed by atoms with Crippen LogP contribution >= 0.6 is 11.8 Å². The van der Waals surface area contributed by atoms with Gasteiger partial charge in [-0.2, -0.15) is 5.06 Å². The SMILES string of the molecule is O=C(O)CCSC(c1ccccc1)(c1ccccc1)c1ccccc1.O=C1CCC(=O)N1O. The Morgan fingerprint density at radius 1 is 0.758 bits per heavy atom. The highest BCUT2D eigenvalue weighted by Gasteiger charge is 2.36. The summed E-state index contributed by atoms with van der Waals surface area (Å²) in [5.74, 6) is -1.24. The molecule has 1 aliphatic heterocycles. The van der Waals surface area contributed by atoms with Crippen molar-refractivity contribution in [3.05, 3.63) is 108 Å². The lowest BCUT2D eigenvalue weighted by Crippen LogP contribution is -2.26. The van der Waals surface area contributed by atoms with Gasteiger partial charge < -0.3 is 5.11 Å². The topological polar surface area (TPSA) is 94.9 Å². The van der Waals surface area contributed by atoms with Crippen LogP contribution in [0.4, 0.5) is 0 Å². The summed E-state index contributed by atoms with van der Waals surface area (Å²) in [6.07, 6.45) is 0.434. The van der Waals surface area contributed by atoms with Crippen LogP contribution in [0, 0.1) is 0 Å². The smallest absolute Gasteiger partial charge is 0.304 e. The fourth-order valence-electron chi connectivity index (χ4n) is 3.62. The number of hydroxylamine groups is 2. The van der Waals surface area contributed by atoms with Gasteiger partial charge in [-0.3, -0.25) is 19.6 Å². The molecule has 1 aliphatic rings. The predicted molar refractivity (Wildman–Crippen MR) is 127 cm³/mol. The van der Waals surface area contributed by atoms with E-state index in [-0.39, 0.29) is 24.3 Å². The molecule has 7 heteroatoms. The highest BCUT2D eigenvalue weighted by atomic mass is 32.2. The van der Waals surface area contributed by atoms with E-state index < -0.39 is 22.5 Å². The number of carbonyl (C=O) groups excluding carboxylic acids is 2. The minimum Gasteiger partial charge on any atom is -0.481 e. The van der Waals surface area contributed by atoms with Crippen molar-refractivity contribution in [2.75, 3.05) is 5.75 Å². The maximum atomic E-state index is 11.1. The molecule has 1 saturated heterocycles. The Kier molecular flexibility index (Phi) is 8.40. The van der Waals surface area contributed by atoms with Crippen LogP contribution in [0.15, 0.2) is 91.0 Å². The Morgan fingerprint density at radius 2 is 1.12 bits per heavy atom. The molecule has 2 amide bonds. The second kappa shape index (κ2) is 11.4. The molecular formula is C26H25NO5S. The quantitative estimate of drug-likeness (QED) is 0.299. The molecule has 0 atom stereocenters. The second-order valence-electron chi connectivity index (χ2n) is 7.37. The third-order valence-corrected chi connectivity index (χ3v) is 6.75. The summed E-state index contributed by atoms with van der Waals surface area (Å²) >= 11 is 1.68. The summed E-state index contributed by atoms with van der Waals surface area (Å²) in [5.41, 5.74) is 3.47. The maximum Gasteiger partial charge on any atom is 0.304 e. The number of benzene rings is 3. The van der Waals surface area contributed by atoms with Crippen molar-refractivity contribution in [3.63, 3.8) is 0 Å². The maximum absolute atomic E-state index is 11.1. The van der Waals surface area contributed by atoms with Gasteiger partial charge in [0.15, 0.2) is 0 Å². The summed E-state index contributed by atoms with van der Waals surface area (Å²) < 4.78 is -0.431. The molecule has 1 heterocycles. The van der Waals surface area contributed by atoms with Gasteiger partial charge in [0.25, 0.3) is 11.8 Å². The summed E-state index contributed by atoms with van der Waals surface area (Å²) in [7, 11) is 0. The van der Waals surface area contributed by atoms with Gasteiger partial charge in [-0.05, 0) is 16.7 Å². The lowest BCUT2D eigenvalue weighted by molar-refractivity contribution is -0.171. The number of nitrogens with zero attached hydrogens (tertiary/aromatic N) is 1. The van der Waals surface area contributed by atoms with Crippen LogP contribution in [0.1, 0.15) is 36.0 Å². The Morgan fingerprint density at radius 3 is 1.39 bits per heavy atom. The number of aliphatic carboxylic acids is 1. The van der Waals surface area contributed by atoms with Gasteiger partial charge in [0.05, 0.1) is 11.2 Å². The van der Waals surface area contributed by atoms with Crippen LogP contribution in [0.25, 0.3) is 0 Å². The lowest BCUT2D eigenvalue weighted by Gasteiger charge is -2.35. The van der Waals surface area contributed by atoms with E-state index >= 15 is 0 Å². The van der Waals surface area contributed by atoms with Crippen molar-refractivity contribution in [1.29, 1.82) is 0 Å². The highest BCUT2D eigenvalue weighted by molar-refractivity contribution is 8.00. The molecule has 0 spiro atoms. The molecule has 2 N–H and O–H groups in total. The number of amides is 2. The van der Waals surface area contributed by atoms with Crippen LogP contribution in [-0.2, 0) is 19.1 Å². The first-order valence-electron chi connectivity index (χ1n) is 10.5. The average molecular weight is 464 g/mol. The first-order valence-corrected chi connectivity index (χ1v) is 11.5. The third kappa shape index (κ3) is 5.88. The Balaban J connectivity index is 0.000000323. The molecule has 3 aromatic rings. The summed E-state index contributed by atoms with van der Waals surface area (Å²) in [4.78, 5) is 31.6. The molecule has 0 saturated carbocycles. The molecule has 0 aromatic heterocycles. The highest BCUT2D eigenvalue weighted by Crippen LogP contribution is 2.48. The molecule has 4 rings (SSSR count). The number of hydrogen-bond donors (Lipinski definition) is 2. The largest absolute Gasteiger partial charge is 0.481 e. The summed E-state index contributed by atoms with van der Waals surface area (Å²) in [6.45, 7) is 0. The van der Waals surface area contributed by atoms with Crippen LogP contribution in [0.3, 0.4) is 0 Å². The van der Waals surface area contributed by atoms with E-state index in [0.717, 1.165) is 16.7 Å². The van der Waals surface area contributed by atoms with Crippen molar-refractivity contribution >= 4 is 29.5 Å². The zero-order valence-corrected chi connectivity index (χ0v) is 18.8. The molecule has 6 nitrogen and oxygen atoms in total. The molecule has 1 fully saturated rings. The van der Waals surface area contributed by atoms with E-state index in [1.54, 1.807) is 11.8 Å². The van der Waals surface area contributed by atoms with E-state index in [0.29, 0.717) is 5.75 Å². The Bertz CT molecular complexity index is 961. The minimum absolute atomic E-state index is 0.138. The van der Waals surface area contributed by atoms with Crippen LogP contribution < -0.4 is 0 Å². The molecule has 3 aromatic carbocycles. The van der Waals surface area contributed by atoms with Gasteiger partial charge in [0, 0.05) is 18.6 Å². The molecule has 0 aliphatic carbocycles. The first kappa shape index (κ1) is 24.2. The number of hydrogen-bond acceptors (Lipinski definition) is 5. The van der Waals surface area contributed by atoms with E-state index in [4.69, 9.17) is 10.3 Å². The molecule has 33 heavy (non-hydrogen) atoms. The van der Waals surface area contributed by atoms with Gasteiger partial charge in [-0.25, -0.2) is 0 Å². The monoisotopic (exact) mass is 463 g/mol. The number of thioether (sulfide) groups is 1. The molecule has 0 unspecified atom stereocenters. The van der Waals surface area contributed by atoms with E-state index in [1.165, 1.54) is 0 Å². The van der Waals surface area contributed by atoms with Crippen LogP contribution in [0.5, 0.6) is 0 Å². The fourth-order valence-corrected chi connectivity index (χ4v) is 5.12. The number of carboxylic acids is 1. The molecular weight excluding hydrogens is 438 g/mol. The third-order valence-electron chi connectivity index (χ3n) is 5.20. The van der Waals surface area contributed by atoms with Gasteiger partial charge >= 0.3 is 5.97 Å². The number of rotatable bonds is 7. The number of carboxylic acid groups (broad SMARTS) is 1. The van der Waals surface area contributed by atoms with Crippen LogP contribution in [0.2, 0.25) is 0 Å². The van der Waals surface area contributed by atoms with Gasteiger partial charge in [0.1, 0.15) is 0 Å². The number of imide groups is 1. The summed E-state index contributed by atoms with van der Waals surface area (Å²) in [6, 6.07) is 30.9. The minimum atomic E-state index is -0.768. The average Bonchev–Trinajstić information content (AvgIpc) is 3.15. The number of carbonyl (C=O) groups is 3. The molecule has 0 bridgehead atoms. The van der Waals surface area contributed by atoms with Crippen molar-refractivity contribution in [2.45, 2.75) is 24.0 Å². The van der Waals surface area contributed by atoms with Crippen molar-refractivity contribution in [3.8, 4) is 0 Å². The normalized spacial score (nSPS) is 13.4. The zero-order chi connectivity index (χ0) is 23.7. The standard InChI is InChI=1S/C22H20O2S.C4H5NO3/c23-21(24)16-17-25-22(18-10-4-1-5-11-18,19-12-6-2-7-13-19)20-14-8-3-9-15-20;6-3-1-2-4(7)5(3)8/h1-15H,16-17H2,(H,23,24);8H,1-2H2. The Labute approximate surface area is 196 Å². The fraction of sp³-hybridized carbons (Fsp3) is 0.192. The molecule has 0 radical (unpaired) electrons.